The lowest BCUT2D eigenvalue weighted by molar-refractivity contribution is -0.139. The van der Waals surface area contributed by atoms with Gasteiger partial charge in [-0.3, -0.25) is 13.9 Å². The first kappa shape index (κ1) is 35.3. The maximum Gasteiger partial charge on any atom is 0.265 e. The molecule has 0 radical (unpaired) electrons. The van der Waals surface area contributed by atoms with Crippen LogP contribution in [0, 0.1) is 0 Å². The average Bonchev–Trinajstić information content (AvgIpc) is 3.05. The molecule has 0 aromatic heterocycles. The number of carbonyl (C=O) groups excluding carboxylic acids is 2. The van der Waals surface area contributed by atoms with E-state index in [0.717, 1.165) is 4.31 Å². The normalized spacial score (nSPS) is 12.4. The molecule has 0 saturated carbocycles. The number of nitrogens with one attached hydrogen (secondary N) is 1. The lowest BCUT2D eigenvalue weighted by atomic mass is 10.1. The summed E-state index contributed by atoms with van der Waals surface area (Å²) >= 11 is 6.31. The van der Waals surface area contributed by atoms with Gasteiger partial charge in [0.2, 0.25) is 11.8 Å². The third-order valence-corrected chi connectivity index (χ3v) is 9.30. The van der Waals surface area contributed by atoms with Crippen molar-refractivity contribution in [2.75, 3.05) is 39.3 Å². The molecule has 244 valence electrons. The summed E-state index contributed by atoms with van der Waals surface area (Å²) in [5, 5.41) is 3.14. The number of amides is 2. The smallest absolute Gasteiger partial charge is 0.265 e. The first-order valence-electron chi connectivity index (χ1n) is 14.2. The molecule has 13 heteroatoms. The highest BCUT2D eigenvalue weighted by Crippen LogP contribution is 2.37. The van der Waals surface area contributed by atoms with Gasteiger partial charge < -0.3 is 29.2 Å². The van der Waals surface area contributed by atoms with E-state index >= 15 is 0 Å². The fourth-order valence-corrected chi connectivity index (χ4v) is 6.05. The predicted octanol–water partition coefficient (Wildman–Crippen LogP) is 4.90. The highest BCUT2D eigenvalue weighted by molar-refractivity contribution is 7.92. The van der Waals surface area contributed by atoms with Crippen molar-refractivity contribution < 1.29 is 37.0 Å². The van der Waals surface area contributed by atoms with Gasteiger partial charge in [0.15, 0.2) is 11.5 Å². The van der Waals surface area contributed by atoms with Crippen LogP contribution >= 0.6 is 11.6 Å². The molecule has 3 aromatic rings. The van der Waals surface area contributed by atoms with E-state index in [1.165, 1.54) is 56.6 Å². The molecule has 3 aromatic carbocycles. The Hall–Kier alpha value is -4.16. The van der Waals surface area contributed by atoms with Crippen LogP contribution in [-0.2, 0) is 26.2 Å². The van der Waals surface area contributed by atoms with Crippen LogP contribution in [0.2, 0.25) is 5.02 Å². The number of benzene rings is 3. The molecular weight excluding hydrogens is 622 g/mol. The van der Waals surface area contributed by atoms with Gasteiger partial charge in [0.1, 0.15) is 24.1 Å². The van der Waals surface area contributed by atoms with E-state index < -0.39 is 28.5 Å². The molecule has 0 aliphatic heterocycles. The number of hydrogen-bond acceptors (Lipinski definition) is 8. The van der Waals surface area contributed by atoms with E-state index in [9.17, 15) is 18.0 Å². The topological polar surface area (TPSA) is 124 Å². The molecule has 0 saturated heterocycles. The van der Waals surface area contributed by atoms with Crippen molar-refractivity contribution in [3.05, 3.63) is 71.2 Å². The highest BCUT2D eigenvalue weighted by atomic mass is 35.5. The fourth-order valence-electron chi connectivity index (χ4n) is 4.45. The molecule has 1 N–H and O–H groups in total. The number of anilines is 1. The van der Waals surface area contributed by atoms with Crippen LogP contribution in [0.15, 0.2) is 65.6 Å². The first-order valence-corrected chi connectivity index (χ1v) is 16.0. The van der Waals surface area contributed by atoms with Crippen LogP contribution in [0.1, 0.15) is 32.8 Å². The lowest BCUT2D eigenvalue weighted by Gasteiger charge is -2.33. The Morgan fingerprint density at radius 1 is 0.844 bits per heavy atom. The molecule has 2 atom stereocenters. The number of nitrogens with zero attached hydrogens (tertiary/aromatic N) is 2. The van der Waals surface area contributed by atoms with E-state index in [-0.39, 0.29) is 45.6 Å². The van der Waals surface area contributed by atoms with Crippen LogP contribution in [0.5, 0.6) is 23.0 Å². The van der Waals surface area contributed by atoms with Gasteiger partial charge in [0.25, 0.3) is 10.0 Å². The number of hydrogen-bond donors (Lipinski definition) is 1. The van der Waals surface area contributed by atoms with Crippen LogP contribution in [0.3, 0.4) is 0 Å². The Kier molecular flexibility index (Phi) is 12.3. The molecule has 11 nitrogen and oxygen atoms in total. The van der Waals surface area contributed by atoms with E-state index in [2.05, 4.69) is 5.32 Å². The maximum absolute atomic E-state index is 14.3. The summed E-state index contributed by atoms with van der Waals surface area (Å²) in [6.45, 7) is 4.75. The van der Waals surface area contributed by atoms with E-state index in [1.807, 2.05) is 13.8 Å². The second-order valence-electron chi connectivity index (χ2n) is 10.2. The Morgan fingerprint density at radius 2 is 1.47 bits per heavy atom. The third kappa shape index (κ3) is 8.52. The maximum atomic E-state index is 14.3. The van der Waals surface area contributed by atoms with Gasteiger partial charge in [-0.25, -0.2) is 8.42 Å². The summed E-state index contributed by atoms with van der Waals surface area (Å²) < 4.78 is 50.9. The summed E-state index contributed by atoms with van der Waals surface area (Å²) in [5.74, 6) is 0.287. The summed E-state index contributed by atoms with van der Waals surface area (Å²) in [7, 11) is 1.30. The first-order chi connectivity index (χ1) is 21.4. The monoisotopic (exact) mass is 661 g/mol. The van der Waals surface area contributed by atoms with Crippen molar-refractivity contribution >= 4 is 39.1 Å². The summed E-state index contributed by atoms with van der Waals surface area (Å²) in [4.78, 5) is 28.7. The molecule has 0 fully saturated rings. The van der Waals surface area contributed by atoms with Crippen LogP contribution in [0.4, 0.5) is 5.69 Å². The molecule has 0 heterocycles. The molecule has 2 amide bonds. The van der Waals surface area contributed by atoms with Crippen LogP contribution < -0.4 is 28.6 Å². The second-order valence-corrected chi connectivity index (χ2v) is 12.5. The van der Waals surface area contributed by atoms with Crippen molar-refractivity contribution in [2.45, 2.75) is 50.7 Å². The minimum Gasteiger partial charge on any atom is -0.497 e. The molecular formula is C32H40ClN3O8S. The van der Waals surface area contributed by atoms with Crippen molar-refractivity contribution in [3.8, 4) is 23.0 Å². The second kappa shape index (κ2) is 15.7. The molecule has 2 unspecified atom stereocenters. The van der Waals surface area contributed by atoms with Gasteiger partial charge in [-0.2, -0.15) is 0 Å². The number of halogens is 1. The van der Waals surface area contributed by atoms with Crippen molar-refractivity contribution in [2.24, 2.45) is 0 Å². The van der Waals surface area contributed by atoms with Crippen molar-refractivity contribution in [1.29, 1.82) is 0 Å². The number of methoxy groups -OCH3 is 4. The van der Waals surface area contributed by atoms with Gasteiger partial charge >= 0.3 is 0 Å². The quantitative estimate of drug-likeness (QED) is 0.244. The van der Waals surface area contributed by atoms with Crippen molar-refractivity contribution in [1.82, 2.24) is 10.2 Å². The summed E-state index contributed by atoms with van der Waals surface area (Å²) in [6, 6.07) is 14.5. The van der Waals surface area contributed by atoms with E-state index in [4.69, 9.17) is 30.5 Å². The standard InChI is InChI=1S/C32H40ClN3O8S/c1-8-21(2)34-32(38)22(3)35(19-23-9-12-25(41-4)13-10-23)31(37)20-36(27-17-24(33)11-15-28(27)42-5)45(39,40)26-14-16-29(43-6)30(18-26)44-7/h9-18,21-22H,8,19-20H2,1-7H3,(H,34,38). The van der Waals surface area contributed by atoms with E-state index in [0.29, 0.717) is 23.5 Å². The molecule has 0 bridgehead atoms. The highest BCUT2D eigenvalue weighted by Gasteiger charge is 2.34. The Morgan fingerprint density at radius 3 is 2.04 bits per heavy atom. The minimum absolute atomic E-state index is 0.0227. The van der Waals surface area contributed by atoms with Gasteiger partial charge in [-0.05, 0) is 68.3 Å². The van der Waals surface area contributed by atoms with Gasteiger partial charge in [-0.1, -0.05) is 30.7 Å². The van der Waals surface area contributed by atoms with Crippen LogP contribution in [-0.4, -0.2) is 72.2 Å². The van der Waals surface area contributed by atoms with Crippen LogP contribution in [0.25, 0.3) is 0 Å². The Balaban J connectivity index is 2.14. The van der Waals surface area contributed by atoms with Gasteiger partial charge in [0.05, 0.1) is 39.0 Å². The predicted molar refractivity (Wildman–Crippen MR) is 173 cm³/mol. The van der Waals surface area contributed by atoms with Gasteiger partial charge in [0, 0.05) is 23.7 Å². The largest absolute Gasteiger partial charge is 0.497 e. The fraction of sp³-hybridized carbons (Fsp3) is 0.375. The minimum atomic E-state index is -4.45. The molecule has 45 heavy (non-hydrogen) atoms. The Bertz CT molecular complexity index is 1580. The lowest BCUT2D eigenvalue weighted by Crippen LogP contribution is -2.52. The number of sulfonamides is 1. The zero-order chi connectivity index (χ0) is 33.3. The van der Waals surface area contributed by atoms with Gasteiger partial charge in [-0.15, -0.1) is 0 Å². The number of carbonyl (C=O) groups is 2. The Labute approximate surface area is 270 Å². The third-order valence-electron chi connectivity index (χ3n) is 7.31. The molecule has 3 rings (SSSR count). The zero-order valence-electron chi connectivity index (χ0n) is 26.5. The summed E-state index contributed by atoms with van der Waals surface area (Å²) in [6.07, 6.45) is 0.691. The SMILES string of the molecule is CCC(C)NC(=O)C(C)N(Cc1ccc(OC)cc1)C(=O)CN(c1cc(Cl)ccc1OC)S(=O)(=O)c1ccc(OC)c(OC)c1. The number of rotatable bonds is 15. The van der Waals surface area contributed by atoms with E-state index in [1.54, 1.807) is 44.4 Å². The van der Waals surface area contributed by atoms with Crippen molar-refractivity contribution in [3.63, 3.8) is 0 Å². The summed E-state index contributed by atoms with van der Waals surface area (Å²) in [5.41, 5.74) is 0.746. The average molecular weight is 662 g/mol. The molecule has 0 spiro atoms. The zero-order valence-corrected chi connectivity index (χ0v) is 28.1. The molecule has 0 aliphatic carbocycles. The number of ether oxygens (including phenoxy) is 4. The molecule has 0 aliphatic rings.